The molecule has 1 N–H and O–H groups in total. The fourth-order valence-corrected chi connectivity index (χ4v) is 4.02. The molecule has 4 rings (SSSR count). The Morgan fingerprint density at radius 3 is 2.55 bits per heavy atom. The summed E-state index contributed by atoms with van der Waals surface area (Å²) in [5, 5.41) is 20.1. The Morgan fingerprint density at radius 2 is 1.77 bits per heavy atom. The van der Waals surface area contributed by atoms with Crippen molar-refractivity contribution in [2.75, 3.05) is 11.1 Å². The molecule has 0 spiro atoms. The first-order chi connectivity index (χ1) is 15.0. The average molecular weight is 434 g/mol. The van der Waals surface area contributed by atoms with Gasteiger partial charge < -0.3 is 5.32 Å². The molecule has 9 heteroatoms. The van der Waals surface area contributed by atoms with Crippen LogP contribution in [0.25, 0.3) is 11.4 Å². The van der Waals surface area contributed by atoms with E-state index >= 15 is 0 Å². The Hall–Kier alpha value is -3.46. The van der Waals surface area contributed by atoms with E-state index in [1.165, 1.54) is 11.8 Å². The Bertz CT molecular complexity index is 1230. The Morgan fingerprint density at radius 1 is 1.00 bits per heavy atom. The number of benzene rings is 2. The number of nitrogens with zero attached hydrogens (tertiary/aromatic N) is 6. The molecule has 31 heavy (non-hydrogen) atoms. The molecule has 2 heterocycles. The highest BCUT2D eigenvalue weighted by atomic mass is 32.2. The third-order valence-electron chi connectivity index (χ3n) is 5.13. The molecule has 0 aliphatic rings. The number of carbonyl (C=O) groups excluding carboxylic acids is 1. The molecule has 0 fully saturated rings. The summed E-state index contributed by atoms with van der Waals surface area (Å²) >= 11 is 1.29. The van der Waals surface area contributed by atoms with Gasteiger partial charge in [-0.15, -0.1) is 5.10 Å². The van der Waals surface area contributed by atoms with Crippen LogP contribution in [0.2, 0.25) is 0 Å². The molecule has 0 bridgehead atoms. The maximum absolute atomic E-state index is 12.7. The molecule has 1 amide bonds. The van der Waals surface area contributed by atoms with Crippen molar-refractivity contribution in [2.24, 2.45) is 0 Å². The van der Waals surface area contributed by atoms with Crippen molar-refractivity contribution in [1.29, 1.82) is 0 Å². The standard InChI is InChI=1S/C22H23N7OS/c1-14-9-8-12-19(15(14)2)29-22(24-26-27-29)31-13-20(30)23-21-16(3)25-28(17(21)4)18-10-6-5-7-11-18/h5-12H,13H2,1-4H3,(H,23,30). The molecule has 0 saturated carbocycles. The number of tetrazole rings is 1. The number of hydrogen-bond acceptors (Lipinski definition) is 6. The zero-order chi connectivity index (χ0) is 22.0. The summed E-state index contributed by atoms with van der Waals surface area (Å²) < 4.78 is 3.50. The highest BCUT2D eigenvalue weighted by Gasteiger charge is 2.17. The predicted molar refractivity (Wildman–Crippen MR) is 121 cm³/mol. The predicted octanol–water partition coefficient (Wildman–Crippen LogP) is 3.81. The van der Waals surface area contributed by atoms with Gasteiger partial charge in [-0.25, -0.2) is 4.68 Å². The molecule has 0 radical (unpaired) electrons. The molecule has 158 valence electrons. The normalized spacial score (nSPS) is 11.0. The van der Waals surface area contributed by atoms with Crippen molar-refractivity contribution in [2.45, 2.75) is 32.9 Å². The molecule has 0 aliphatic heterocycles. The molecule has 2 aromatic carbocycles. The van der Waals surface area contributed by atoms with Gasteiger partial charge in [0.05, 0.1) is 34.2 Å². The summed E-state index contributed by atoms with van der Waals surface area (Å²) in [7, 11) is 0. The molecule has 0 saturated heterocycles. The van der Waals surface area contributed by atoms with Gasteiger partial charge in [0.15, 0.2) is 0 Å². The van der Waals surface area contributed by atoms with E-state index in [1.807, 2.05) is 80.9 Å². The van der Waals surface area contributed by atoms with Crippen LogP contribution in [0.1, 0.15) is 22.5 Å². The largest absolute Gasteiger partial charge is 0.322 e. The first-order valence-corrected chi connectivity index (χ1v) is 10.8. The summed E-state index contributed by atoms with van der Waals surface area (Å²) in [4.78, 5) is 12.7. The summed E-state index contributed by atoms with van der Waals surface area (Å²) in [5.41, 5.74) is 6.48. The van der Waals surface area contributed by atoms with E-state index in [0.717, 1.165) is 39.6 Å². The molecule has 2 aromatic heterocycles. The second-order valence-corrected chi connectivity index (χ2v) is 8.16. The first-order valence-electron chi connectivity index (χ1n) is 9.85. The first kappa shape index (κ1) is 20.8. The van der Waals surface area contributed by atoms with Crippen molar-refractivity contribution in [3.8, 4) is 11.4 Å². The van der Waals surface area contributed by atoms with Gasteiger partial charge in [-0.05, 0) is 67.4 Å². The van der Waals surface area contributed by atoms with Crippen LogP contribution < -0.4 is 5.32 Å². The van der Waals surface area contributed by atoms with E-state index in [4.69, 9.17) is 0 Å². The van der Waals surface area contributed by atoms with Crippen molar-refractivity contribution in [3.63, 3.8) is 0 Å². The number of aryl methyl sites for hydroxylation is 2. The van der Waals surface area contributed by atoms with E-state index in [0.29, 0.717) is 5.16 Å². The molecule has 0 aliphatic carbocycles. The second-order valence-electron chi connectivity index (χ2n) is 7.22. The van der Waals surface area contributed by atoms with E-state index in [1.54, 1.807) is 4.68 Å². The third-order valence-corrected chi connectivity index (χ3v) is 6.05. The van der Waals surface area contributed by atoms with E-state index in [-0.39, 0.29) is 11.7 Å². The van der Waals surface area contributed by atoms with Gasteiger partial charge in [-0.2, -0.15) is 9.78 Å². The zero-order valence-corrected chi connectivity index (χ0v) is 18.6. The molecular formula is C22H23N7OS. The summed E-state index contributed by atoms with van der Waals surface area (Å²) in [5.74, 6) is 0.0417. The SMILES string of the molecule is Cc1cccc(-n2nnnc2SCC(=O)Nc2c(C)nn(-c3ccccc3)c2C)c1C. The van der Waals surface area contributed by atoms with Gasteiger partial charge in [0.1, 0.15) is 0 Å². The Kier molecular flexibility index (Phi) is 5.85. The monoisotopic (exact) mass is 433 g/mol. The van der Waals surface area contributed by atoms with Crippen LogP contribution in [0.3, 0.4) is 0 Å². The van der Waals surface area contributed by atoms with Crippen LogP contribution in [-0.4, -0.2) is 41.6 Å². The number of thioether (sulfide) groups is 1. The fourth-order valence-electron chi connectivity index (χ4n) is 3.33. The Labute approximate surface area is 184 Å². The van der Waals surface area contributed by atoms with Crippen molar-refractivity contribution < 1.29 is 4.79 Å². The summed E-state index contributed by atoms with van der Waals surface area (Å²) in [6, 6.07) is 15.8. The highest BCUT2D eigenvalue weighted by molar-refractivity contribution is 7.99. The third kappa shape index (κ3) is 4.22. The molecule has 8 nitrogen and oxygen atoms in total. The van der Waals surface area contributed by atoms with Crippen LogP contribution in [0, 0.1) is 27.7 Å². The number of amides is 1. The van der Waals surface area contributed by atoms with Gasteiger partial charge in [0.2, 0.25) is 11.1 Å². The van der Waals surface area contributed by atoms with Crippen LogP contribution in [0.15, 0.2) is 53.7 Å². The topological polar surface area (TPSA) is 90.5 Å². The minimum atomic E-state index is -0.140. The maximum Gasteiger partial charge on any atom is 0.234 e. The smallest absolute Gasteiger partial charge is 0.234 e. The quantitative estimate of drug-likeness (QED) is 0.465. The van der Waals surface area contributed by atoms with Crippen molar-refractivity contribution >= 4 is 23.4 Å². The minimum absolute atomic E-state index is 0.140. The maximum atomic E-state index is 12.7. The van der Waals surface area contributed by atoms with Crippen molar-refractivity contribution in [1.82, 2.24) is 30.0 Å². The lowest BCUT2D eigenvalue weighted by Crippen LogP contribution is -2.16. The lowest BCUT2D eigenvalue weighted by Gasteiger charge is -2.10. The zero-order valence-electron chi connectivity index (χ0n) is 17.8. The van der Waals surface area contributed by atoms with Gasteiger partial charge >= 0.3 is 0 Å². The molecule has 0 atom stereocenters. The highest BCUT2D eigenvalue weighted by Crippen LogP contribution is 2.25. The van der Waals surface area contributed by atoms with Crippen LogP contribution in [0.4, 0.5) is 5.69 Å². The molecule has 0 unspecified atom stereocenters. The molecule has 4 aromatic rings. The number of para-hydroxylation sites is 1. The minimum Gasteiger partial charge on any atom is -0.322 e. The lowest BCUT2D eigenvalue weighted by atomic mass is 10.1. The van der Waals surface area contributed by atoms with Crippen LogP contribution >= 0.6 is 11.8 Å². The number of rotatable bonds is 6. The fraction of sp³-hybridized carbons (Fsp3) is 0.227. The number of anilines is 1. The van der Waals surface area contributed by atoms with E-state index < -0.39 is 0 Å². The summed E-state index contributed by atoms with van der Waals surface area (Å²) in [6.45, 7) is 7.90. The lowest BCUT2D eigenvalue weighted by molar-refractivity contribution is -0.113. The molecular weight excluding hydrogens is 410 g/mol. The number of carbonyl (C=O) groups is 1. The van der Waals surface area contributed by atoms with E-state index in [9.17, 15) is 4.79 Å². The number of hydrogen-bond donors (Lipinski definition) is 1. The van der Waals surface area contributed by atoms with Gasteiger partial charge in [0.25, 0.3) is 0 Å². The van der Waals surface area contributed by atoms with Gasteiger partial charge in [-0.3, -0.25) is 4.79 Å². The summed E-state index contributed by atoms with van der Waals surface area (Å²) in [6.07, 6.45) is 0. The Balaban J connectivity index is 1.48. The number of nitrogens with one attached hydrogen (secondary N) is 1. The second kappa shape index (κ2) is 8.73. The number of aromatic nitrogens is 6. The van der Waals surface area contributed by atoms with Gasteiger partial charge in [-0.1, -0.05) is 42.1 Å². The van der Waals surface area contributed by atoms with Crippen molar-refractivity contribution in [3.05, 3.63) is 71.0 Å². The average Bonchev–Trinajstić information content (AvgIpc) is 3.34. The van der Waals surface area contributed by atoms with E-state index in [2.05, 4.69) is 25.9 Å². The van der Waals surface area contributed by atoms with Crippen LogP contribution in [0.5, 0.6) is 0 Å². The van der Waals surface area contributed by atoms with Gasteiger partial charge in [0, 0.05) is 0 Å². The van der Waals surface area contributed by atoms with Crippen LogP contribution in [-0.2, 0) is 4.79 Å².